The number of rotatable bonds is 6. The number of nitrogens with zero attached hydrogens (tertiary/aromatic N) is 3. The van der Waals surface area contributed by atoms with Crippen molar-refractivity contribution in [1.29, 1.82) is 0 Å². The van der Waals surface area contributed by atoms with Crippen LogP contribution in [0, 0.1) is 12.8 Å². The average Bonchev–Trinajstić information content (AvgIpc) is 3.14. The minimum absolute atomic E-state index is 0.106. The second-order valence-electron chi connectivity index (χ2n) is 8.43. The van der Waals surface area contributed by atoms with E-state index in [0.717, 1.165) is 55.4 Å². The van der Waals surface area contributed by atoms with Gasteiger partial charge < -0.3 is 5.32 Å². The van der Waals surface area contributed by atoms with Gasteiger partial charge in [-0.15, -0.1) is 11.3 Å². The van der Waals surface area contributed by atoms with Crippen molar-refractivity contribution in [3.63, 3.8) is 0 Å². The third-order valence-electron chi connectivity index (χ3n) is 6.06. The van der Waals surface area contributed by atoms with E-state index in [1.807, 2.05) is 13.0 Å². The van der Waals surface area contributed by atoms with Gasteiger partial charge in [0.1, 0.15) is 0 Å². The van der Waals surface area contributed by atoms with Crippen LogP contribution in [-0.2, 0) is 17.9 Å². The molecule has 0 radical (unpaired) electrons. The summed E-state index contributed by atoms with van der Waals surface area (Å²) < 4.78 is 0. The van der Waals surface area contributed by atoms with Crippen molar-refractivity contribution in [3.8, 4) is 0 Å². The molecular weight excluding hydrogens is 380 g/mol. The van der Waals surface area contributed by atoms with Crippen LogP contribution >= 0.6 is 11.3 Å². The molecule has 1 N–H and O–H groups in total. The van der Waals surface area contributed by atoms with Gasteiger partial charge in [-0.3, -0.25) is 14.6 Å². The molecule has 1 aromatic heterocycles. The topological polar surface area (TPSA) is 48.5 Å². The van der Waals surface area contributed by atoms with Crippen LogP contribution in [0.3, 0.4) is 0 Å². The van der Waals surface area contributed by atoms with Gasteiger partial charge in [0.15, 0.2) is 0 Å². The molecule has 0 unspecified atom stereocenters. The first-order valence-electron chi connectivity index (χ1n) is 10.9. The van der Waals surface area contributed by atoms with Gasteiger partial charge in [0, 0.05) is 30.1 Å². The normalized spacial score (nSPS) is 19.3. The molecule has 1 aromatic carbocycles. The van der Waals surface area contributed by atoms with Crippen molar-refractivity contribution in [2.75, 3.05) is 31.5 Å². The SMILES string of the molecule is Cc1nc(CN2CCC(C(=O)Nc3cccc(CN4CCCCC4)c3)CC2)cs1. The zero-order chi connectivity index (χ0) is 20.1. The van der Waals surface area contributed by atoms with E-state index < -0.39 is 0 Å². The quantitative estimate of drug-likeness (QED) is 0.769. The van der Waals surface area contributed by atoms with Gasteiger partial charge in [-0.1, -0.05) is 18.6 Å². The van der Waals surface area contributed by atoms with Gasteiger partial charge >= 0.3 is 0 Å². The van der Waals surface area contributed by atoms with Gasteiger partial charge in [-0.05, 0) is 76.5 Å². The summed E-state index contributed by atoms with van der Waals surface area (Å²) >= 11 is 1.71. The first-order chi connectivity index (χ1) is 14.2. The third-order valence-corrected chi connectivity index (χ3v) is 6.88. The molecule has 2 saturated heterocycles. The maximum Gasteiger partial charge on any atom is 0.227 e. The molecule has 3 heterocycles. The highest BCUT2D eigenvalue weighted by Gasteiger charge is 2.25. The number of piperidine rings is 2. The van der Waals surface area contributed by atoms with Crippen molar-refractivity contribution >= 4 is 22.9 Å². The minimum Gasteiger partial charge on any atom is -0.326 e. The van der Waals surface area contributed by atoms with Crippen LogP contribution in [0.25, 0.3) is 0 Å². The summed E-state index contributed by atoms with van der Waals surface area (Å²) in [6.07, 6.45) is 5.80. The number of hydrogen-bond donors (Lipinski definition) is 1. The number of amides is 1. The molecule has 4 rings (SSSR count). The van der Waals surface area contributed by atoms with Crippen LogP contribution in [0.1, 0.15) is 48.4 Å². The molecule has 0 aliphatic carbocycles. The van der Waals surface area contributed by atoms with Crippen LogP contribution in [0.5, 0.6) is 0 Å². The zero-order valence-corrected chi connectivity index (χ0v) is 18.2. The van der Waals surface area contributed by atoms with Gasteiger partial charge in [-0.25, -0.2) is 4.98 Å². The largest absolute Gasteiger partial charge is 0.326 e. The maximum atomic E-state index is 12.8. The van der Waals surface area contributed by atoms with E-state index in [1.165, 1.54) is 37.9 Å². The van der Waals surface area contributed by atoms with Crippen molar-refractivity contribution in [2.24, 2.45) is 5.92 Å². The molecule has 0 spiro atoms. The Labute approximate surface area is 178 Å². The van der Waals surface area contributed by atoms with Gasteiger partial charge in [0.2, 0.25) is 5.91 Å². The van der Waals surface area contributed by atoms with E-state index >= 15 is 0 Å². The summed E-state index contributed by atoms with van der Waals surface area (Å²) in [7, 11) is 0. The Morgan fingerprint density at radius 1 is 1.10 bits per heavy atom. The summed E-state index contributed by atoms with van der Waals surface area (Å²) in [6, 6.07) is 8.39. The first kappa shape index (κ1) is 20.5. The van der Waals surface area contributed by atoms with E-state index in [-0.39, 0.29) is 11.8 Å². The zero-order valence-electron chi connectivity index (χ0n) is 17.4. The van der Waals surface area contributed by atoms with E-state index in [0.29, 0.717) is 0 Å². The molecule has 6 heteroatoms. The second kappa shape index (κ2) is 9.83. The molecular formula is C23H32N4OS. The van der Waals surface area contributed by atoms with Crippen molar-refractivity contribution in [1.82, 2.24) is 14.8 Å². The predicted molar refractivity (Wildman–Crippen MR) is 119 cm³/mol. The predicted octanol–water partition coefficient (Wildman–Crippen LogP) is 4.29. The van der Waals surface area contributed by atoms with Crippen molar-refractivity contribution < 1.29 is 4.79 Å². The fourth-order valence-corrected chi connectivity index (χ4v) is 5.03. The lowest BCUT2D eigenvalue weighted by atomic mass is 9.95. The van der Waals surface area contributed by atoms with Crippen LogP contribution in [-0.4, -0.2) is 46.9 Å². The summed E-state index contributed by atoms with van der Waals surface area (Å²) in [5.41, 5.74) is 3.38. The molecule has 2 fully saturated rings. The Morgan fingerprint density at radius 3 is 2.59 bits per heavy atom. The summed E-state index contributed by atoms with van der Waals surface area (Å²) in [5, 5.41) is 6.44. The Morgan fingerprint density at radius 2 is 1.86 bits per heavy atom. The number of aryl methyl sites for hydroxylation is 1. The number of hydrogen-bond acceptors (Lipinski definition) is 5. The smallest absolute Gasteiger partial charge is 0.227 e. The van der Waals surface area contributed by atoms with Crippen LogP contribution in [0.15, 0.2) is 29.6 Å². The number of likely N-dealkylation sites (tertiary alicyclic amines) is 2. The number of benzene rings is 1. The van der Waals surface area contributed by atoms with E-state index in [1.54, 1.807) is 11.3 Å². The Bertz CT molecular complexity index is 807. The Balaban J connectivity index is 1.25. The van der Waals surface area contributed by atoms with Crippen LogP contribution in [0.2, 0.25) is 0 Å². The first-order valence-corrected chi connectivity index (χ1v) is 11.8. The molecule has 5 nitrogen and oxygen atoms in total. The number of anilines is 1. The molecule has 2 aliphatic heterocycles. The van der Waals surface area contributed by atoms with Crippen molar-refractivity contribution in [2.45, 2.75) is 52.1 Å². The van der Waals surface area contributed by atoms with E-state index in [2.05, 4.69) is 43.7 Å². The molecule has 0 bridgehead atoms. The highest BCUT2D eigenvalue weighted by Crippen LogP contribution is 2.22. The molecule has 29 heavy (non-hydrogen) atoms. The lowest BCUT2D eigenvalue weighted by molar-refractivity contribution is -0.121. The van der Waals surface area contributed by atoms with E-state index in [9.17, 15) is 4.79 Å². The lowest BCUT2D eigenvalue weighted by Gasteiger charge is -2.30. The molecule has 1 amide bonds. The van der Waals surface area contributed by atoms with Gasteiger partial charge in [0.25, 0.3) is 0 Å². The minimum atomic E-state index is 0.106. The molecule has 156 valence electrons. The van der Waals surface area contributed by atoms with E-state index in [4.69, 9.17) is 0 Å². The lowest BCUT2D eigenvalue weighted by Crippen LogP contribution is -2.37. The molecule has 0 saturated carbocycles. The van der Waals surface area contributed by atoms with Gasteiger partial charge in [0.05, 0.1) is 10.7 Å². The monoisotopic (exact) mass is 412 g/mol. The fourth-order valence-electron chi connectivity index (χ4n) is 4.43. The Kier molecular flexibility index (Phi) is 6.95. The molecule has 2 aromatic rings. The average molecular weight is 413 g/mol. The maximum absolute atomic E-state index is 12.8. The summed E-state index contributed by atoms with van der Waals surface area (Å²) in [5.74, 6) is 0.276. The number of aromatic nitrogens is 1. The summed E-state index contributed by atoms with van der Waals surface area (Å²) in [6.45, 7) is 8.24. The third kappa shape index (κ3) is 5.87. The number of carbonyl (C=O) groups is 1. The summed E-state index contributed by atoms with van der Waals surface area (Å²) in [4.78, 5) is 22.3. The second-order valence-corrected chi connectivity index (χ2v) is 9.50. The highest BCUT2D eigenvalue weighted by molar-refractivity contribution is 7.09. The number of thiazole rings is 1. The Hall–Kier alpha value is -1.76. The van der Waals surface area contributed by atoms with Crippen molar-refractivity contribution in [3.05, 3.63) is 45.9 Å². The standard InChI is InChI=1S/C23H32N4OS/c1-18-24-22(17-29-18)16-27-12-8-20(9-13-27)23(28)25-21-7-5-6-19(14-21)15-26-10-3-2-4-11-26/h5-7,14,17,20H,2-4,8-13,15-16H2,1H3,(H,25,28). The highest BCUT2D eigenvalue weighted by atomic mass is 32.1. The molecule has 0 atom stereocenters. The van der Waals surface area contributed by atoms with Crippen LogP contribution in [0.4, 0.5) is 5.69 Å². The molecule has 2 aliphatic rings. The number of nitrogens with one attached hydrogen (secondary N) is 1. The van der Waals surface area contributed by atoms with Crippen LogP contribution < -0.4 is 5.32 Å². The fraction of sp³-hybridized carbons (Fsp3) is 0.565. The van der Waals surface area contributed by atoms with Gasteiger partial charge in [-0.2, -0.15) is 0 Å². The number of carbonyl (C=O) groups excluding carboxylic acids is 1.